The minimum Gasteiger partial charge on any atom is -0.321 e. The molecule has 2 rings (SSSR count). The van der Waals surface area contributed by atoms with Crippen LogP contribution in [0.3, 0.4) is 0 Å². The van der Waals surface area contributed by atoms with Crippen LogP contribution in [-0.2, 0) is 5.54 Å². The van der Waals surface area contributed by atoms with Crippen molar-refractivity contribution >= 4 is 34.2 Å². The molecule has 0 bridgehead atoms. The van der Waals surface area contributed by atoms with E-state index in [9.17, 15) is 4.39 Å². The lowest BCUT2D eigenvalue weighted by atomic mass is 9.97. The van der Waals surface area contributed by atoms with Gasteiger partial charge in [0, 0.05) is 11.6 Å². The number of halogens is 3. The van der Waals surface area contributed by atoms with Crippen molar-refractivity contribution in [3.8, 4) is 0 Å². The summed E-state index contributed by atoms with van der Waals surface area (Å²) in [6.45, 7) is 8.28. The average molecular weight is 317 g/mol. The van der Waals surface area contributed by atoms with E-state index < -0.39 is 5.82 Å². The monoisotopic (exact) mass is 316 g/mol. The first-order valence-electron chi connectivity index (χ1n) is 6.80. The summed E-state index contributed by atoms with van der Waals surface area (Å²) in [7, 11) is 0. The Labute approximate surface area is 128 Å². The highest BCUT2D eigenvalue weighted by molar-refractivity contribution is 6.31. The fourth-order valence-corrected chi connectivity index (χ4v) is 3.02. The summed E-state index contributed by atoms with van der Waals surface area (Å²) in [6.07, 6.45) is 2.02. The highest BCUT2D eigenvalue weighted by Gasteiger charge is 2.27. The summed E-state index contributed by atoms with van der Waals surface area (Å²) in [5.74, 6) is 0.299. The van der Waals surface area contributed by atoms with E-state index in [4.69, 9.17) is 23.2 Å². The van der Waals surface area contributed by atoms with Crippen molar-refractivity contribution in [2.24, 2.45) is 0 Å². The van der Waals surface area contributed by atoms with Crippen LogP contribution in [0.25, 0.3) is 11.0 Å². The highest BCUT2D eigenvalue weighted by atomic mass is 35.5. The molecule has 1 unspecified atom stereocenters. The zero-order valence-electron chi connectivity index (χ0n) is 12.2. The Morgan fingerprint density at radius 1 is 1.40 bits per heavy atom. The first-order valence-corrected chi connectivity index (χ1v) is 7.61. The molecule has 1 atom stereocenters. The molecular weight excluding hydrogens is 298 g/mol. The lowest BCUT2D eigenvalue weighted by Crippen LogP contribution is -2.28. The second-order valence-corrected chi connectivity index (χ2v) is 6.80. The molecule has 2 aromatic rings. The van der Waals surface area contributed by atoms with E-state index in [2.05, 4.69) is 30.3 Å². The van der Waals surface area contributed by atoms with E-state index in [1.165, 1.54) is 6.07 Å². The van der Waals surface area contributed by atoms with Crippen LogP contribution in [0.4, 0.5) is 4.39 Å². The minimum absolute atomic E-state index is 0.111. The first-order chi connectivity index (χ1) is 9.27. The molecule has 0 saturated heterocycles. The molecule has 0 aliphatic rings. The van der Waals surface area contributed by atoms with Crippen LogP contribution in [0, 0.1) is 5.82 Å². The van der Waals surface area contributed by atoms with Gasteiger partial charge in [-0.2, -0.15) is 0 Å². The minimum atomic E-state index is -0.453. The Morgan fingerprint density at radius 2 is 2.05 bits per heavy atom. The molecule has 1 heterocycles. The third-order valence-corrected chi connectivity index (χ3v) is 4.03. The van der Waals surface area contributed by atoms with Crippen molar-refractivity contribution in [1.29, 1.82) is 0 Å². The Bertz CT molecular complexity index is 632. The van der Waals surface area contributed by atoms with E-state index in [0.717, 1.165) is 24.2 Å². The quantitative estimate of drug-likeness (QED) is 0.665. The molecule has 0 saturated carbocycles. The van der Waals surface area contributed by atoms with Crippen LogP contribution in [-0.4, -0.2) is 9.55 Å². The highest BCUT2D eigenvalue weighted by Crippen LogP contribution is 2.35. The van der Waals surface area contributed by atoms with E-state index in [1.807, 2.05) is 6.92 Å². The van der Waals surface area contributed by atoms with Crippen molar-refractivity contribution in [3.05, 3.63) is 28.8 Å². The maximum atomic E-state index is 13.6. The normalized spacial score (nSPS) is 13.9. The van der Waals surface area contributed by atoms with Gasteiger partial charge in [0.25, 0.3) is 0 Å². The van der Waals surface area contributed by atoms with Gasteiger partial charge in [-0.1, -0.05) is 24.9 Å². The molecule has 5 heteroatoms. The molecule has 0 amide bonds. The number of imidazole rings is 1. The topological polar surface area (TPSA) is 17.8 Å². The van der Waals surface area contributed by atoms with Gasteiger partial charge in [-0.3, -0.25) is 0 Å². The number of rotatable bonds is 4. The Hall–Kier alpha value is -0.800. The van der Waals surface area contributed by atoms with Gasteiger partial charge in [-0.25, -0.2) is 9.37 Å². The Kier molecular flexibility index (Phi) is 4.31. The van der Waals surface area contributed by atoms with Crippen molar-refractivity contribution in [2.45, 2.75) is 51.5 Å². The second kappa shape index (κ2) is 5.53. The first kappa shape index (κ1) is 15.6. The van der Waals surface area contributed by atoms with Crippen molar-refractivity contribution in [3.63, 3.8) is 0 Å². The van der Waals surface area contributed by atoms with Crippen molar-refractivity contribution in [1.82, 2.24) is 9.55 Å². The Balaban J connectivity index is 2.78. The third kappa shape index (κ3) is 2.66. The summed E-state index contributed by atoms with van der Waals surface area (Å²) in [4.78, 5) is 4.50. The van der Waals surface area contributed by atoms with Gasteiger partial charge in [0.1, 0.15) is 11.6 Å². The third-order valence-electron chi connectivity index (χ3n) is 3.55. The number of benzene rings is 1. The van der Waals surface area contributed by atoms with Gasteiger partial charge in [-0.05, 0) is 33.3 Å². The van der Waals surface area contributed by atoms with Crippen LogP contribution < -0.4 is 0 Å². The number of hydrogen-bond acceptors (Lipinski definition) is 1. The maximum absolute atomic E-state index is 13.6. The average Bonchev–Trinajstić information content (AvgIpc) is 2.69. The molecule has 2 nitrogen and oxygen atoms in total. The molecule has 0 radical (unpaired) electrons. The predicted octanol–water partition coefficient (Wildman–Crippen LogP) is 5.66. The molecule has 20 heavy (non-hydrogen) atoms. The fourth-order valence-electron chi connectivity index (χ4n) is 2.72. The number of fused-ring (bicyclic) bond motifs is 1. The van der Waals surface area contributed by atoms with Crippen LogP contribution >= 0.6 is 23.2 Å². The molecule has 1 aromatic carbocycles. The molecule has 0 spiro atoms. The summed E-state index contributed by atoms with van der Waals surface area (Å²) in [5, 5.41) is -0.139. The number of hydrogen-bond donors (Lipinski definition) is 0. The molecule has 1 aromatic heterocycles. The lowest BCUT2D eigenvalue weighted by Gasteiger charge is -2.30. The summed E-state index contributed by atoms with van der Waals surface area (Å²) >= 11 is 12.2. The van der Waals surface area contributed by atoms with Gasteiger partial charge in [0.2, 0.25) is 0 Å². The summed E-state index contributed by atoms with van der Waals surface area (Å²) in [5.41, 5.74) is 1.28. The lowest BCUT2D eigenvalue weighted by molar-refractivity contribution is 0.323. The van der Waals surface area contributed by atoms with Gasteiger partial charge < -0.3 is 4.57 Å². The standard InChI is InChI=1S/C15H19Cl2FN2/c1-5-6-15(3,4)20-13-7-10(17)11(18)8-12(13)19-14(20)9(2)16/h7-9H,5-6H2,1-4H3. The summed E-state index contributed by atoms with van der Waals surface area (Å²) < 4.78 is 15.7. The van der Waals surface area contributed by atoms with Gasteiger partial charge >= 0.3 is 0 Å². The predicted molar refractivity (Wildman–Crippen MR) is 83.2 cm³/mol. The summed E-state index contributed by atoms with van der Waals surface area (Å²) in [6, 6.07) is 3.01. The molecule has 110 valence electrons. The molecule has 0 aliphatic heterocycles. The zero-order chi connectivity index (χ0) is 15.1. The van der Waals surface area contributed by atoms with Gasteiger partial charge in [-0.15, -0.1) is 11.6 Å². The maximum Gasteiger partial charge on any atom is 0.144 e. The molecule has 0 aliphatic carbocycles. The number of alkyl halides is 1. The Morgan fingerprint density at radius 3 is 2.60 bits per heavy atom. The zero-order valence-corrected chi connectivity index (χ0v) is 13.7. The van der Waals surface area contributed by atoms with E-state index in [0.29, 0.717) is 5.52 Å². The fraction of sp³-hybridized carbons (Fsp3) is 0.533. The van der Waals surface area contributed by atoms with Crippen LogP contribution in [0.5, 0.6) is 0 Å². The van der Waals surface area contributed by atoms with Gasteiger partial charge in [0.15, 0.2) is 0 Å². The van der Waals surface area contributed by atoms with Crippen LogP contribution in [0.1, 0.15) is 51.7 Å². The van der Waals surface area contributed by atoms with E-state index in [-0.39, 0.29) is 15.9 Å². The van der Waals surface area contributed by atoms with Crippen molar-refractivity contribution in [2.75, 3.05) is 0 Å². The van der Waals surface area contributed by atoms with Crippen LogP contribution in [0.15, 0.2) is 12.1 Å². The van der Waals surface area contributed by atoms with E-state index in [1.54, 1.807) is 6.07 Å². The smallest absolute Gasteiger partial charge is 0.144 e. The SMILES string of the molecule is CCCC(C)(C)n1c(C(C)Cl)nc2cc(F)c(Cl)cc21. The molecule has 0 fully saturated rings. The second-order valence-electron chi connectivity index (χ2n) is 5.74. The molecule has 0 N–H and O–H groups in total. The largest absolute Gasteiger partial charge is 0.321 e. The molecular formula is C15H19Cl2FN2. The van der Waals surface area contributed by atoms with Crippen molar-refractivity contribution < 1.29 is 4.39 Å². The van der Waals surface area contributed by atoms with Crippen LogP contribution in [0.2, 0.25) is 5.02 Å². The number of aromatic nitrogens is 2. The van der Waals surface area contributed by atoms with E-state index >= 15 is 0 Å². The van der Waals surface area contributed by atoms with Gasteiger partial charge in [0.05, 0.1) is 21.4 Å². The number of nitrogens with zero attached hydrogens (tertiary/aromatic N) is 2.